The predicted molar refractivity (Wildman–Crippen MR) is 105 cm³/mol. The molecular formula is C20H28N2O4S. The maximum absolute atomic E-state index is 12.8. The summed E-state index contributed by atoms with van der Waals surface area (Å²) < 4.78 is 0. The van der Waals surface area contributed by atoms with Crippen LogP contribution in [0.25, 0.3) is 0 Å². The topological polar surface area (TPSA) is 95.5 Å². The van der Waals surface area contributed by atoms with Crippen LogP contribution in [0.4, 0.5) is 5.00 Å². The highest BCUT2D eigenvalue weighted by Gasteiger charge is 2.36. The number of rotatable bonds is 5. The molecule has 2 unspecified atom stereocenters. The SMILES string of the molecule is Cc1sc(NC(=O)C2CCCCC2C(=O)O)c(C(=O)NC2CCCC2)c1C. The minimum absolute atomic E-state index is 0.141. The maximum Gasteiger partial charge on any atom is 0.307 e. The second kappa shape index (κ2) is 8.42. The van der Waals surface area contributed by atoms with Crippen molar-refractivity contribution in [3.8, 4) is 0 Å². The van der Waals surface area contributed by atoms with E-state index in [9.17, 15) is 19.5 Å². The second-order valence-electron chi connectivity index (χ2n) is 7.77. The first-order valence-electron chi connectivity index (χ1n) is 9.83. The molecule has 3 N–H and O–H groups in total. The van der Waals surface area contributed by atoms with Gasteiger partial charge < -0.3 is 15.7 Å². The monoisotopic (exact) mass is 392 g/mol. The van der Waals surface area contributed by atoms with Crippen molar-refractivity contribution in [1.82, 2.24) is 5.32 Å². The highest BCUT2D eigenvalue weighted by atomic mass is 32.1. The highest BCUT2D eigenvalue weighted by Crippen LogP contribution is 2.36. The van der Waals surface area contributed by atoms with Crippen molar-refractivity contribution in [3.63, 3.8) is 0 Å². The molecule has 0 spiro atoms. The van der Waals surface area contributed by atoms with Crippen LogP contribution in [-0.2, 0) is 9.59 Å². The zero-order valence-electron chi connectivity index (χ0n) is 16.0. The van der Waals surface area contributed by atoms with Crippen molar-refractivity contribution >= 4 is 34.1 Å². The zero-order chi connectivity index (χ0) is 19.6. The van der Waals surface area contributed by atoms with E-state index in [0.29, 0.717) is 23.4 Å². The molecule has 0 radical (unpaired) electrons. The van der Waals surface area contributed by atoms with E-state index in [0.717, 1.165) is 49.0 Å². The van der Waals surface area contributed by atoms with E-state index >= 15 is 0 Å². The summed E-state index contributed by atoms with van der Waals surface area (Å²) in [4.78, 5) is 38.2. The lowest BCUT2D eigenvalue weighted by atomic mass is 9.79. The summed E-state index contributed by atoms with van der Waals surface area (Å²) in [5, 5.41) is 16.0. The summed E-state index contributed by atoms with van der Waals surface area (Å²) in [7, 11) is 0. The Morgan fingerprint density at radius 1 is 0.963 bits per heavy atom. The fourth-order valence-corrected chi connectivity index (χ4v) is 5.32. The number of aliphatic carboxylic acids is 1. The van der Waals surface area contributed by atoms with Gasteiger partial charge in [0.15, 0.2) is 0 Å². The first kappa shape index (κ1) is 19.9. The zero-order valence-corrected chi connectivity index (χ0v) is 16.8. The van der Waals surface area contributed by atoms with Crippen molar-refractivity contribution in [1.29, 1.82) is 0 Å². The van der Waals surface area contributed by atoms with Gasteiger partial charge >= 0.3 is 5.97 Å². The lowest BCUT2D eigenvalue weighted by Crippen LogP contribution is -2.37. The quantitative estimate of drug-likeness (QED) is 0.709. The number of amides is 2. The van der Waals surface area contributed by atoms with Gasteiger partial charge in [0.2, 0.25) is 5.91 Å². The summed E-state index contributed by atoms with van der Waals surface area (Å²) in [6, 6.07) is 0.204. The molecule has 1 aromatic rings. The molecule has 3 rings (SSSR count). The van der Waals surface area contributed by atoms with Crippen LogP contribution in [0, 0.1) is 25.7 Å². The first-order chi connectivity index (χ1) is 12.9. The molecular weight excluding hydrogens is 364 g/mol. The third-order valence-electron chi connectivity index (χ3n) is 5.96. The minimum Gasteiger partial charge on any atom is -0.481 e. The van der Waals surface area contributed by atoms with Crippen molar-refractivity contribution in [2.75, 3.05) is 5.32 Å². The van der Waals surface area contributed by atoms with Gasteiger partial charge in [-0.3, -0.25) is 14.4 Å². The molecule has 2 amide bonds. The summed E-state index contributed by atoms with van der Waals surface area (Å²) in [5.41, 5.74) is 1.41. The highest BCUT2D eigenvalue weighted by molar-refractivity contribution is 7.16. The van der Waals surface area contributed by atoms with Crippen LogP contribution < -0.4 is 10.6 Å². The standard InChI is InChI=1S/C20H28N2O4S/c1-11-12(2)27-19(16(11)18(24)21-13-7-3-4-8-13)22-17(23)14-9-5-6-10-15(14)20(25)26/h13-15H,3-10H2,1-2H3,(H,21,24)(H,22,23)(H,25,26). The Labute approximate surface area is 163 Å². The average molecular weight is 393 g/mol. The largest absolute Gasteiger partial charge is 0.481 e. The number of hydrogen-bond donors (Lipinski definition) is 3. The summed E-state index contributed by atoms with van der Waals surface area (Å²) in [6.45, 7) is 3.83. The fourth-order valence-electron chi connectivity index (χ4n) is 4.26. The Bertz CT molecular complexity index is 737. The van der Waals surface area contributed by atoms with Gasteiger partial charge in [0.25, 0.3) is 5.91 Å². The number of carboxylic acids is 1. The van der Waals surface area contributed by atoms with Crippen LogP contribution in [0.1, 0.15) is 72.2 Å². The Morgan fingerprint density at radius 2 is 1.56 bits per heavy atom. The molecule has 1 aromatic heterocycles. The molecule has 2 atom stereocenters. The summed E-state index contributed by atoms with van der Waals surface area (Å²) in [5.74, 6) is -2.51. The number of carboxylic acid groups (broad SMARTS) is 1. The molecule has 2 aliphatic rings. The van der Waals surface area contributed by atoms with E-state index < -0.39 is 17.8 Å². The Balaban J connectivity index is 1.77. The van der Waals surface area contributed by atoms with Crippen LogP contribution in [0.2, 0.25) is 0 Å². The molecule has 2 fully saturated rings. The van der Waals surface area contributed by atoms with Gasteiger partial charge in [0.1, 0.15) is 5.00 Å². The van der Waals surface area contributed by atoms with E-state index in [1.54, 1.807) is 0 Å². The molecule has 0 aliphatic heterocycles. The number of carbonyl (C=O) groups is 3. The molecule has 6 nitrogen and oxygen atoms in total. The lowest BCUT2D eigenvalue weighted by Gasteiger charge is -2.27. The van der Waals surface area contributed by atoms with Crippen molar-refractivity contribution in [3.05, 3.63) is 16.0 Å². The number of carbonyl (C=O) groups excluding carboxylic acids is 2. The van der Waals surface area contributed by atoms with E-state index in [1.807, 2.05) is 13.8 Å². The fraction of sp³-hybridized carbons (Fsp3) is 0.650. The van der Waals surface area contributed by atoms with Gasteiger partial charge in [-0.1, -0.05) is 25.7 Å². The van der Waals surface area contributed by atoms with E-state index in [1.165, 1.54) is 11.3 Å². The molecule has 0 bridgehead atoms. The van der Waals surface area contributed by atoms with Gasteiger partial charge in [-0.25, -0.2) is 0 Å². The molecule has 2 aliphatic carbocycles. The first-order valence-corrected chi connectivity index (χ1v) is 10.6. The van der Waals surface area contributed by atoms with Crippen LogP contribution >= 0.6 is 11.3 Å². The minimum atomic E-state index is -0.910. The van der Waals surface area contributed by atoms with Gasteiger partial charge in [0, 0.05) is 10.9 Å². The molecule has 148 valence electrons. The molecule has 0 aromatic carbocycles. The average Bonchev–Trinajstić information content (AvgIpc) is 3.23. The van der Waals surface area contributed by atoms with Crippen molar-refractivity contribution in [2.45, 2.75) is 71.3 Å². The van der Waals surface area contributed by atoms with E-state index in [-0.39, 0.29) is 17.9 Å². The van der Waals surface area contributed by atoms with Gasteiger partial charge in [-0.2, -0.15) is 0 Å². The number of anilines is 1. The van der Waals surface area contributed by atoms with E-state index in [4.69, 9.17) is 0 Å². The second-order valence-corrected chi connectivity index (χ2v) is 8.99. The lowest BCUT2D eigenvalue weighted by molar-refractivity contribution is -0.147. The molecule has 7 heteroatoms. The van der Waals surface area contributed by atoms with Crippen molar-refractivity contribution < 1.29 is 19.5 Å². The summed E-state index contributed by atoms with van der Waals surface area (Å²) >= 11 is 1.39. The van der Waals surface area contributed by atoms with Gasteiger partial charge in [-0.05, 0) is 45.1 Å². The van der Waals surface area contributed by atoms with Crippen molar-refractivity contribution in [2.24, 2.45) is 11.8 Å². The number of hydrogen-bond acceptors (Lipinski definition) is 4. The maximum atomic E-state index is 12.8. The molecule has 1 heterocycles. The molecule has 2 saturated carbocycles. The Morgan fingerprint density at radius 3 is 2.19 bits per heavy atom. The number of nitrogens with one attached hydrogen (secondary N) is 2. The normalized spacial score (nSPS) is 23.2. The predicted octanol–water partition coefficient (Wildman–Crippen LogP) is 3.87. The summed E-state index contributed by atoms with van der Waals surface area (Å²) in [6.07, 6.45) is 7.08. The van der Waals surface area contributed by atoms with Crippen LogP contribution in [-0.4, -0.2) is 28.9 Å². The van der Waals surface area contributed by atoms with Gasteiger partial charge in [-0.15, -0.1) is 11.3 Å². The third kappa shape index (κ3) is 4.34. The number of thiophene rings is 1. The van der Waals surface area contributed by atoms with Crippen LogP contribution in [0.3, 0.4) is 0 Å². The Kier molecular flexibility index (Phi) is 6.19. The number of aryl methyl sites for hydroxylation is 1. The van der Waals surface area contributed by atoms with Crippen LogP contribution in [0.5, 0.6) is 0 Å². The smallest absolute Gasteiger partial charge is 0.307 e. The Hall–Kier alpha value is -1.89. The molecule has 0 saturated heterocycles. The van der Waals surface area contributed by atoms with Gasteiger partial charge in [0.05, 0.1) is 17.4 Å². The third-order valence-corrected chi connectivity index (χ3v) is 7.08. The van der Waals surface area contributed by atoms with Crippen LogP contribution in [0.15, 0.2) is 0 Å². The van der Waals surface area contributed by atoms with E-state index in [2.05, 4.69) is 10.6 Å². The molecule has 27 heavy (non-hydrogen) atoms.